The molecule has 0 saturated carbocycles. The molecule has 1 aromatic carbocycles. The number of amides is 1. The average Bonchev–Trinajstić information content (AvgIpc) is 2.18. The van der Waals surface area contributed by atoms with Gasteiger partial charge in [0.15, 0.2) is 0 Å². The van der Waals surface area contributed by atoms with Crippen molar-refractivity contribution in [1.29, 1.82) is 0 Å². The zero-order valence-electron chi connectivity index (χ0n) is 8.13. The van der Waals surface area contributed by atoms with E-state index in [0.29, 0.717) is 15.1 Å². The number of carbonyl (C=O) groups excluding carboxylic acids is 1. The first-order valence-electron chi connectivity index (χ1n) is 4.42. The minimum atomic E-state index is -0.563. The molecule has 0 fully saturated rings. The minimum Gasteiger partial charge on any atom is -0.392 e. The molecule has 0 aromatic heterocycles. The molecule has 0 aliphatic rings. The van der Waals surface area contributed by atoms with Crippen LogP contribution in [0.5, 0.6) is 0 Å². The number of carbonyl (C=O) groups is 1. The molecule has 5 heteroatoms. The third kappa shape index (κ3) is 3.81. The van der Waals surface area contributed by atoms with Crippen molar-refractivity contribution in [3.63, 3.8) is 0 Å². The average molecular weight is 293 g/mol. The highest BCUT2D eigenvalue weighted by Crippen LogP contribution is 2.20. The highest BCUT2D eigenvalue weighted by molar-refractivity contribution is 9.10. The van der Waals surface area contributed by atoms with Gasteiger partial charge in [0, 0.05) is 16.0 Å². The Kier molecular flexibility index (Phi) is 4.57. The first-order chi connectivity index (χ1) is 7.00. The largest absolute Gasteiger partial charge is 0.392 e. The van der Waals surface area contributed by atoms with Gasteiger partial charge in [-0.1, -0.05) is 11.6 Å². The Balaban J connectivity index is 2.77. The summed E-state index contributed by atoms with van der Waals surface area (Å²) in [6.07, 6.45) is -0.563. The lowest BCUT2D eigenvalue weighted by molar-refractivity contribution is 0.0923. The van der Waals surface area contributed by atoms with E-state index in [1.54, 1.807) is 25.1 Å². The molecule has 1 rings (SSSR count). The molecule has 1 aromatic rings. The van der Waals surface area contributed by atoms with Crippen molar-refractivity contribution in [3.05, 3.63) is 33.3 Å². The van der Waals surface area contributed by atoms with Gasteiger partial charge in [-0.15, -0.1) is 0 Å². The number of rotatable bonds is 3. The van der Waals surface area contributed by atoms with Gasteiger partial charge in [-0.05, 0) is 41.1 Å². The molecule has 0 aliphatic heterocycles. The van der Waals surface area contributed by atoms with Crippen LogP contribution in [0.2, 0.25) is 5.02 Å². The molecular weight excluding hydrogens is 281 g/mol. The van der Waals surface area contributed by atoms with Gasteiger partial charge >= 0.3 is 0 Å². The summed E-state index contributed by atoms with van der Waals surface area (Å²) in [7, 11) is 0. The first-order valence-corrected chi connectivity index (χ1v) is 5.59. The van der Waals surface area contributed by atoms with E-state index in [4.69, 9.17) is 16.7 Å². The fourth-order valence-electron chi connectivity index (χ4n) is 1.01. The molecule has 2 N–H and O–H groups in total. The van der Waals surface area contributed by atoms with Crippen LogP contribution in [-0.2, 0) is 0 Å². The highest BCUT2D eigenvalue weighted by Gasteiger charge is 2.10. The van der Waals surface area contributed by atoms with Crippen molar-refractivity contribution < 1.29 is 9.90 Å². The Morgan fingerprint density at radius 3 is 2.93 bits per heavy atom. The molecule has 0 bridgehead atoms. The lowest BCUT2D eigenvalue weighted by Crippen LogP contribution is -2.30. The van der Waals surface area contributed by atoms with Gasteiger partial charge in [-0.25, -0.2) is 0 Å². The second kappa shape index (κ2) is 5.49. The van der Waals surface area contributed by atoms with Gasteiger partial charge < -0.3 is 10.4 Å². The van der Waals surface area contributed by atoms with E-state index in [-0.39, 0.29) is 12.5 Å². The molecular formula is C10H11BrClNO2. The van der Waals surface area contributed by atoms with Crippen molar-refractivity contribution in [1.82, 2.24) is 5.32 Å². The second-order valence-corrected chi connectivity index (χ2v) is 4.47. The van der Waals surface area contributed by atoms with E-state index in [1.807, 2.05) is 0 Å². The summed E-state index contributed by atoms with van der Waals surface area (Å²) in [4.78, 5) is 11.6. The molecule has 0 unspecified atom stereocenters. The quantitative estimate of drug-likeness (QED) is 0.897. The Morgan fingerprint density at radius 2 is 2.33 bits per heavy atom. The molecule has 0 aliphatic carbocycles. The van der Waals surface area contributed by atoms with Gasteiger partial charge in [-0.2, -0.15) is 0 Å². The van der Waals surface area contributed by atoms with Gasteiger partial charge in [0.2, 0.25) is 0 Å². The summed E-state index contributed by atoms with van der Waals surface area (Å²) in [5.41, 5.74) is 0.461. The zero-order chi connectivity index (χ0) is 11.4. The standard InChI is InChI=1S/C10H11BrClNO2/c1-6(14)5-13-10(15)8-4-7(12)2-3-9(8)11/h2-4,6,14H,5H2,1H3,(H,13,15)/t6-/m1/s1. The Labute approximate surface area is 102 Å². The van der Waals surface area contributed by atoms with Crippen molar-refractivity contribution in [2.45, 2.75) is 13.0 Å². The number of hydrogen-bond acceptors (Lipinski definition) is 2. The van der Waals surface area contributed by atoms with Crippen LogP contribution >= 0.6 is 27.5 Å². The third-order valence-corrected chi connectivity index (χ3v) is 2.66. The summed E-state index contributed by atoms with van der Waals surface area (Å²) in [6, 6.07) is 4.97. The molecule has 82 valence electrons. The molecule has 3 nitrogen and oxygen atoms in total. The molecule has 1 amide bonds. The van der Waals surface area contributed by atoms with Crippen LogP contribution in [0.3, 0.4) is 0 Å². The van der Waals surface area contributed by atoms with Gasteiger partial charge in [0.25, 0.3) is 5.91 Å². The molecule has 0 saturated heterocycles. The number of aliphatic hydroxyl groups excluding tert-OH is 1. The van der Waals surface area contributed by atoms with Crippen molar-refractivity contribution in [2.24, 2.45) is 0 Å². The third-order valence-electron chi connectivity index (χ3n) is 1.73. The SMILES string of the molecule is C[C@@H](O)CNC(=O)c1cc(Cl)ccc1Br. The molecule has 0 heterocycles. The Hall–Kier alpha value is -0.580. The summed E-state index contributed by atoms with van der Waals surface area (Å²) in [5.74, 6) is -0.259. The van der Waals surface area contributed by atoms with E-state index in [1.165, 1.54) is 0 Å². The van der Waals surface area contributed by atoms with Crippen LogP contribution in [0.15, 0.2) is 22.7 Å². The number of halogens is 2. The van der Waals surface area contributed by atoms with Crippen LogP contribution in [0, 0.1) is 0 Å². The van der Waals surface area contributed by atoms with Crippen LogP contribution < -0.4 is 5.32 Å². The summed E-state index contributed by atoms with van der Waals surface area (Å²) in [5, 5.41) is 12.1. The van der Waals surface area contributed by atoms with E-state index < -0.39 is 6.10 Å². The zero-order valence-corrected chi connectivity index (χ0v) is 10.5. The Bertz CT molecular complexity index is 368. The molecule has 0 spiro atoms. The highest BCUT2D eigenvalue weighted by atomic mass is 79.9. The smallest absolute Gasteiger partial charge is 0.252 e. The Morgan fingerprint density at radius 1 is 1.67 bits per heavy atom. The van der Waals surface area contributed by atoms with Crippen LogP contribution in [0.25, 0.3) is 0 Å². The van der Waals surface area contributed by atoms with Crippen LogP contribution in [-0.4, -0.2) is 23.7 Å². The summed E-state index contributed by atoms with van der Waals surface area (Å²) in [6.45, 7) is 1.82. The van der Waals surface area contributed by atoms with Gasteiger partial charge in [0.1, 0.15) is 0 Å². The van der Waals surface area contributed by atoms with Gasteiger partial charge in [-0.3, -0.25) is 4.79 Å². The number of nitrogens with one attached hydrogen (secondary N) is 1. The predicted octanol–water partition coefficient (Wildman–Crippen LogP) is 2.21. The fraction of sp³-hybridized carbons (Fsp3) is 0.300. The number of aliphatic hydroxyl groups is 1. The number of hydrogen-bond donors (Lipinski definition) is 2. The fourth-order valence-corrected chi connectivity index (χ4v) is 1.61. The topological polar surface area (TPSA) is 49.3 Å². The maximum absolute atomic E-state index is 11.6. The van der Waals surface area contributed by atoms with E-state index >= 15 is 0 Å². The monoisotopic (exact) mass is 291 g/mol. The van der Waals surface area contributed by atoms with E-state index in [2.05, 4.69) is 21.2 Å². The molecule has 15 heavy (non-hydrogen) atoms. The normalized spacial score (nSPS) is 12.3. The lowest BCUT2D eigenvalue weighted by atomic mass is 10.2. The molecule has 1 atom stereocenters. The minimum absolute atomic E-state index is 0.220. The second-order valence-electron chi connectivity index (χ2n) is 3.18. The first kappa shape index (κ1) is 12.5. The maximum atomic E-state index is 11.6. The van der Waals surface area contributed by atoms with Crippen LogP contribution in [0.1, 0.15) is 17.3 Å². The lowest BCUT2D eigenvalue weighted by Gasteiger charge is -2.08. The van der Waals surface area contributed by atoms with Crippen LogP contribution in [0.4, 0.5) is 0 Å². The predicted molar refractivity (Wildman–Crippen MR) is 63.2 cm³/mol. The van der Waals surface area contributed by atoms with Crippen molar-refractivity contribution in [2.75, 3.05) is 6.54 Å². The summed E-state index contributed by atoms with van der Waals surface area (Å²) < 4.78 is 0.676. The van der Waals surface area contributed by atoms with E-state index in [9.17, 15) is 4.79 Å². The van der Waals surface area contributed by atoms with E-state index in [0.717, 1.165) is 0 Å². The van der Waals surface area contributed by atoms with Crippen molar-refractivity contribution in [3.8, 4) is 0 Å². The maximum Gasteiger partial charge on any atom is 0.252 e. The van der Waals surface area contributed by atoms with Gasteiger partial charge in [0.05, 0.1) is 11.7 Å². The van der Waals surface area contributed by atoms with Crippen molar-refractivity contribution >= 4 is 33.4 Å². The molecule has 0 radical (unpaired) electrons. The number of benzene rings is 1. The summed E-state index contributed by atoms with van der Waals surface area (Å²) >= 11 is 9.03.